The number of benzene rings is 2. The van der Waals surface area contributed by atoms with Gasteiger partial charge in [-0.2, -0.15) is 0 Å². The third-order valence-corrected chi connectivity index (χ3v) is 11.8. The smallest absolute Gasteiger partial charge is 0.119 e. The monoisotopic (exact) mass is 685 g/mol. The number of ether oxygens (including phenoxy) is 4. The van der Waals surface area contributed by atoms with Crippen molar-refractivity contribution in [1.29, 1.82) is 0 Å². The van der Waals surface area contributed by atoms with E-state index in [1.54, 1.807) is 14.2 Å². The highest BCUT2D eigenvalue weighted by molar-refractivity contribution is 5.85. The number of hydrogen-bond donors (Lipinski definition) is 2. The first-order chi connectivity index (χ1) is 22.9. The minimum Gasteiger partial charge on any atom is -0.497 e. The quantitative estimate of drug-likeness (QED) is 0.333. The van der Waals surface area contributed by atoms with Crippen LogP contribution in [0.3, 0.4) is 0 Å². The highest BCUT2D eigenvalue weighted by Gasteiger charge is 2.39. The van der Waals surface area contributed by atoms with Crippen LogP contribution in [-0.4, -0.2) is 97.8 Å². The van der Waals surface area contributed by atoms with Crippen molar-refractivity contribution in [3.8, 4) is 11.5 Å². The summed E-state index contributed by atoms with van der Waals surface area (Å²) < 4.78 is 22.6. The first kappa shape index (κ1) is 37.3. The van der Waals surface area contributed by atoms with E-state index in [1.165, 1.54) is 75.3 Å². The Hall–Kier alpha value is -1.91. The highest BCUT2D eigenvalue weighted by Crippen LogP contribution is 2.36. The van der Waals surface area contributed by atoms with Crippen molar-refractivity contribution >= 4 is 12.4 Å². The van der Waals surface area contributed by atoms with Crippen molar-refractivity contribution in [3.05, 3.63) is 59.7 Å². The topological polar surface area (TPSA) is 75.7 Å². The number of rotatable bonds is 8. The number of piperidine rings is 3. The number of fused-ring (bicyclic) bond motifs is 6. The van der Waals surface area contributed by atoms with Gasteiger partial charge in [0.15, 0.2) is 0 Å². The van der Waals surface area contributed by atoms with Gasteiger partial charge in [-0.3, -0.25) is 0 Å². The van der Waals surface area contributed by atoms with Gasteiger partial charge in [0.05, 0.1) is 45.7 Å². The lowest BCUT2D eigenvalue weighted by molar-refractivity contribution is -0.0211. The largest absolute Gasteiger partial charge is 0.497 e. The van der Waals surface area contributed by atoms with E-state index in [9.17, 15) is 5.11 Å². The average molecular weight is 686 g/mol. The minimum absolute atomic E-state index is 0. The molecule has 6 aliphatic heterocycles. The Bertz CT molecular complexity index is 1230. The van der Waals surface area contributed by atoms with Gasteiger partial charge < -0.3 is 39.2 Å². The molecule has 6 saturated heterocycles. The third kappa shape index (κ3) is 9.87. The number of nitrogens with zero attached hydrogens (tertiary/aromatic N) is 2. The van der Waals surface area contributed by atoms with Gasteiger partial charge in [0, 0.05) is 36.3 Å². The number of nitrogens with one attached hydrogen (secondary N) is 1. The van der Waals surface area contributed by atoms with Gasteiger partial charge in [0.2, 0.25) is 0 Å². The molecule has 8 nitrogen and oxygen atoms in total. The van der Waals surface area contributed by atoms with Crippen LogP contribution in [0, 0.1) is 0 Å². The summed E-state index contributed by atoms with van der Waals surface area (Å²) >= 11 is 0. The van der Waals surface area contributed by atoms with Crippen molar-refractivity contribution in [2.24, 2.45) is 0 Å². The van der Waals surface area contributed by atoms with Crippen molar-refractivity contribution in [2.75, 3.05) is 28.3 Å². The molecule has 268 valence electrons. The maximum Gasteiger partial charge on any atom is 0.119 e. The lowest BCUT2D eigenvalue weighted by atomic mass is 10.0. The average Bonchev–Trinajstić information content (AvgIpc) is 3.59. The molecule has 0 saturated carbocycles. The number of aliphatic hydroxyl groups is 1. The van der Waals surface area contributed by atoms with Crippen molar-refractivity contribution in [1.82, 2.24) is 15.1 Å². The van der Waals surface area contributed by atoms with E-state index in [4.69, 9.17) is 18.9 Å². The van der Waals surface area contributed by atoms with E-state index >= 15 is 0 Å². The van der Waals surface area contributed by atoms with Crippen LogP contribution < -0.4 is 14.8 Å². The summed E-state index contributed by atoms with van der Waals surface area (Å²) in [6, 6.07) is 20.5. The standard InChI is InChI=1S/C16H23NO2.C15H21NO2.C8H15NO.ClH/c1-17-13-6-7-14(17)10-16(9-13)19-11-12-4-3-5-15(8-12)18-2;1-17-14-4-2-3-11(7-14)10-18-15-8-12-5-6-13(9-15)16-12;1-9-6-2-3-7(9)5-8(10)4-6;/h3-5,8,13-14,16H,6-7,9-11H2,1-2H3;2-4,7,12-13,15-16H,5-6,8-10H2,1H3;6-8,10H,2-5H2,1H3;1H. The van der Waals surface area contributed by atoms with Gasteiger partial charge in [-0.15, -0.1) is 12.4 Å². The normalized spacial score (nSPS) is 33.5. The Morgan fingerprint density at radius 3 is 1.48 bits per heavy atom. The second kappa shape index (κ2) is 17.8. The summed E-state index contributed by atoms with van der Waals surface area (Å²) in [5.74, 6) is 1.81. The second-order valence-electron chi connectivity index (χ2n) is 14.9. The van der Waals surface area contributed by atoms with Crippen LogP contribution in [-0.2, 0) is 22.7 Å². The molecule has 0 amide bonds. The van der Waals surface area contributed by atoms with E-state index in [0.29, 0.717) is 49.6 Å². The molecule has 6 unspecified atom stereocenters. The van der Waals surface area contributed by atoms with Crippen LogP contribution in [0.2, 0.25) is 0 Å². The number of hydrogen-bond acceptors (Lipinski definition) is 8. The number of methoxy groups -OCH3 is 2. The van der Waals surface area contributed by atoms with Crippen LogP contribution >= 0.6 is 12.4 Å². The van der Waals surface area contributed by atoms with E-state index in [1.807, 2.05) is 24.3 Å². The maximum absolute atomic E-state index is 9.38. The summed E-state index contributed by atoms with van der Waals surface area (Å²) in [4.78, 5) is 4.98. The van der Waals surface area contributed by atoms with Crippen LogP contribution in [0.1, 0.15) is 88.2 Å². The first-order valence-electron chi connectivity index (χ1n) is 18.2. The molecule has 8 rings (SSSR count). The lowest BCUT2D eigenvalue weighted by Crippen LogP contribution is -2.42. The van der Waals surface area contributed by atoms with E-state index < -0.39 is 0 Å². The minimum atomic E-state index is -0.00583. The summed E-state index contributed by atoms with van der Waals surface area (Å²) in [5, 5.41) is 13.0. The van der Waals surface area contributed by atoms with Gasteiger partial charge in [-0.05, 0) is 127 Å². The summed E-state index contributed by atoms with van der Waals surface area (Å²) in [6.45, 7) is 1.40. The van der Waals surface area contributed by atoms with Gasteiger partial charge in [0.25, 0.3) is 0 Å². The van der Waals surface area contributed by atoms with Crippen molar-refractivity contribution < 1.29 is 24.1 Å². The summed E-state index contributed by atoms with van der Waals surface area (Å²) in [6.07, 6.45) is 15.5. The molecule has 6 atom stereocenters. The zero-order valence-corrected chi connectivity index (χ0v) is 30.4. The Labute approximate surface area is 295 Å². The fourth-order valence-corrected chi connectivity index (χ4v) is 8.97. The first-order valence-corrected chi connectivity index (χ1v) is 18.2. The molecular formula is C39H60ClN3O5. The predicted molar refractivity (Wildman–Crippen MR) is 193 cm³/mol. The maximum atomic E-state index is 9.38. The third-order valence-electron chi connectivity index (χ3n) is 11.8. The van der Waals surface area contributed by atoms with E-state index in [2.05, 4.69) is 53.5 Å². The SMILES string of the molecule is CN1C2CCC1CC(O)C2.COc1cccc(COC2CC3CCC(C2)N3)c1.COc1cccc(COC2CC3CCC(C2)N3C)c1.Cl. The van der Waals surface area contributed by atoms with E-state index in [-0.39, 0.29) is 18.5 Å². The molecule has 48 heavy (non-hydrogen) atoms. The Morgan fingerprint density at radius 2 is 1.04 bits per heavy atom. The number of halogens is 1. The fourth-order valence-electron chi connectivity index (χ4n) is 8.97. The lowest BCUT2D eigenvalue weighted by Gasteiger charge is -2.36. The molecule has 6 aliphatic rings. The van der Waals surface area contributed by atoms with Crippen LogP contribution in [0.4, 0.5) is 0 Å². The highest BCUT2D eigenvalue weighted by atomic mass is 35.5. The molecule has 6 fully saturated rings. The molecule has 9 heteroatoms. The van der Waals surface area contributed by atoms with Crippen molar-refractivity contribution in [2.45, 2.75) is 145 Å². The molecule has 2 N–H and O–H groups in total. The molecule has 2 aromatic carbocycles. The molecule has 6 bridgehead atoms. The van der Waals surface area contributed by atoms with Gasteiger partial charge in [-0.1, -0.05) is 24.3 Å². The fraction of sp³-hybridized carbons (Fsp3) is 0.692. The van der Waals surface area contributed by atoms with Crippen molar-refractivity contribution in [3.63, 3.8) is 0 Å². The Morgan fingerprint density at radius 1 is 0.625 bits per heavy atom. The molecule has 0 spiro atoms. The number of aliphatic hydroxyl groups excluding tert-OH is 1. The van der Waals surface area contributed by atoms with Crippen LogP contribution in [0.25, 0.3) is 0 Å². The van der Waals surface area contributed by atoms with Gasteiger partial charge in [0.1, 0.15) is 11.5 Å². The van der Waals surface area contributed by atoms with Gasteiger partial charge >= 0.3 is 0 Å². The zero-order valence-electron chi connectivity index (χ0n) is 29.6. The molecule has 0 aliphatic carbocycles. The molecular weight excluding hydrogens is 626 g/mol. The van der Waals surface area contributed by atoms with E-state index in [0.717, 1.165) is 36.4 Å². The molecule has 2 aromatic rings. The Kier molecular flexibility index (Phi) is 13.9. The Balaban J connectivity index is 0.000000146. The zero-order chi connectivity index (χ0) is 32.8. The predicted octanol–water partition coefficient (Wildman–Crippen LogP) is 6.36. The summed E-state index contributed by atoms with van der Waals surface area (Å²) in [5.41, 5.74) is 2.39. The molecule has 0 radical (unpaired) electrons. The summed E-state index contributed by atoms with van der Waals surface area (Å²) in [7, 11) is 7.86. The second-order valence-corrected chi connectivity index (χ2v) is 14.9. The van der Waals surface area contributed by atoms with Crippen LogP contribution in [0.5, 0.6) is 11.5 Å². The van der Waals surface area contributed by atoms with Gasteiger partial charge in [-0.25, -0.2) is 0 Å². The van der Waals surface area contributed by atoms with Crippen LogP contribution in [0.15, 0.2) is 48.5 Å². The molecule has 0 aromatic heterocycles. The molecule has 6 heterocycles.